The van der Waals surface area contributed by atoms with Crippen molar-refractivity contribution >= 4 is 55.6 Å². The molecule has 1 aromatic heterocycles. The Balaban J connectivity index is 1.10. The van der Waals surface area contributed by atoms with Crippen LogP contribution in [0, 0.1) is 0 Å². The molecule has 1 unspecified atom stereocenters. The van der Waals surface area contributed by atoms with Crippen molar-refractivity contribution in [1.82, 2.24) is 4.57 Å². The summed E-state index contributed by atoms with van der Waals surface area (Å²) in [7, 11) is 0. The number of rotatable bonds is 6. The quantitative estimate of drug-likeness (QED) is 0.172. The molecule has 1 atom stereocenters. The Kier molecular flexibility index (Phi) is 7.32. The van der Waals surface area contributed by atoms with Crippen LogP contribution in [0.4, 0.5) is 17.1 Å². The fraction of sp³-hybridized carbons (Fsp3) is 0.0400. The first-order valence-corrected chi connectivity index (χ1v) is 18.1. The van der Waals surface area contributed by atoms with Gasteiger partial charge in [0.1, 0.15) is 0 Å². The number of anilines is 3. The number of benzene rings is 8. The van der Waals surface area contributed by atoms with Crippen molar-refractivity contribution in [2.75, 3.05) is 4.90 Å². The van der Waals surface area contributed by atoms with E-state index in [2.05, 4.69) is 210 Å². The molecule has 246 valence electrons. The van der Waals surface area contributed by atoms with Gasteiger partial charge in [-0.05, 0) is 117 Å². The van der Waals surface area contributed by atoms with Crippen LogP contribution in [0.2, 0.25) is 0 Å². The van der Waals surface area contributed by atoms with Gasteiger partial charge in [0.05, 0.1) is 11.2 Å². The highest BCUT2D eigenvalue weighted by Crippen LogP contribution is 2.45. The van der Waals surface area contributed by atoms with Gasteiger partial charge < -0.3 is 9.47 Å². The van der Waals surface area contributed by atoms with Crippen LogP contribution < -0.4 is 4.90 Å². The highest BCUT2D eigenvalue weighted by Gasteiger charge is 2.28. The SMILES string of the molecule is C1=Cc2c(c3cc4ccccc4cc3n2-c2ccccc2)C(c2cccc(N(c3ccccc3)c3ccc(-c4cccc5ccccc45)cc3)c2)C1. The summed E-state index contributed by atoms with van der Waals surface area (Å²) in [5, 5.41) is 6.38. The van der Waals surface area contributed by atoms with Crippen LogP contribution >= 0.6 is 0 Å². The molecule has 1 heterocycles. The summed E-state index contributed by atoms with van der Waals surface area (Å²) < 4.78 is 2.46. The van der Waals surface area contributed by atoms with Crippen LogP contribution in [0.1, 0.15) is 29.2 Å². The molecule has 0 saturated carbocycles. The normalized spacial score (nSPS) is 13.8. The Morgan fingerprint density at radius 3 is 1.92 bits per heavy atom. The Bertz CT molecular complexity index is 2750. The molecule has 0 aliphatic heterocycles. The number of aromatic nitrogens is 1. The molecule has 2 heteroatoms. The number of hydrogen-bond donors (Lipinski definition) is 0. The van der Waals surface area contributed by atoms with Gasteiger partial charge in [0.2, 0.25) is 0 Å². The van der Waals surface area contributed by atoms with E-state index < -0.39 is 0 Å². The maximum absolute atomic E-state index is 2.46. The van der Waals surface area contributed by atoms with Crippen LogP contribution in [0.15, 0.2) is 194 Å². The van der Waals surface area contributed by atoms with E-state index >= 15 is 0 Å². The first-order valence-electron chi connectivity index (χ1n) is 18.1. The second-order valence-corrected chi connectivity index (χ2v) is 13.7. The molecule has 0 fully saturated rings. The lowest BCUT2D eigenvalue weighted by Crippen LogP contribution is -2.12. The molecule has 0 spiro atoms. The average Bonchev–Trinajstić information content (AvgIpc) is 3.54. The van der Waals surface area contributed by atoms with Gasteiger partial charge in [-0.1, -0.05) is 133 Å². The Morgan fingerprint density at radius 2 is 1.12 bits per heavy atom. The van der Waals surface area contributed by atoms with E-state index in [-0.39, 0.29) is 5.92 Å². The second kappa shape index (κ2) is 12.6. The Labute approximate surface area is 304 Å². The molecule has 0 N–H and O–H groups in total. The second-order valence-electron chi connectivity index (χ2n) is 13.7. The summed E-state index contributed by atoms with van der Waals surface area (Å²) in [6, 6.07) is 68.5. The van der Waals surface area contributed by atoms with Crippen LogP contribution in [0.5, 0.6) is 0 Å². The standard InChI is InChI=1S/C50H36N2/c1-3-19-40(20-4-1)51(42-30-28-36(29-31-42)45-25-12-17-35-14-9-10-24-44(35)45)43-23-11-18-39(32-43)46-26-13-27-48-50(46)47-33-37-15-7-8-16-38(37)34-49(47)52(48)41-21-5-2-6-22-41/h1-25,27-34,46H,26H2. The van der Waals surface area contributed by atoms with E-state index in [9.17, 15) is 0 Å². The highest BCUT2D eigenvalue weighted by molar-refractivity contribution is 6.02. The zero-order valence-electron chi connectivity index (χ0n) is 28.7. The first-order chi connectivity index (χ1) is 25.8. The van der Waals surface area contributed by atoms with Gasteiger partial charge >= 0.3 is 0 Å². The van der Waals surface area contributed by atoms with Crippen LogP contribution in [0.3, 0.4) is 0 Å². The van der Waals surface area contributed by atoms with Gasteiger partial charge in [0.25, 0.3) is 0 Å². The zero-order valence-corrected chi connectivity index (χ0v) is 28.7. The first kappa shape index (κ1) is 30.2. The maximum Gasteiger partial charge on any atom is 0.0544 e. The molecular formula is C50H36N2. The third kappa shape index (κ3) is 5.11. The van der Waals surface area contributed by atoms with Crippen LogP contribution in [-0.4, -0.2) is 4.57 Å². The minimum atomic E-state index is 0.208. The van der Waals surface area contributed by atoms with Crippen molar-refractivity contribution in [3.05, 3.63) is 211 Å². The molecule has 0 amide bonds. The van der Waals surface area contributed by atoms with Gasteiger partial charge in [-0.3, -0.25) is 0 Å². The molecule has 1 aliphatic rings. The van der Waals surface area contributed by atoms with E-state index in [0.717, 1.165) is 23.5 Å². The summed E-state index contributed by atoms with van der Waals surface area (Å²) in [5.74, 6) is 0.208. The largest absolute Gasteiger partial charge is 0.310 e. The minimum absolute atomic E-state index is 0.208. The van der Waals surface area contributed by atoms with Gasteiger partial charge in [0, 0.05) is 34.1 Å². The van der Waals surface area contributed by atoms with E-state index in [4.69, 9.17) is 0 Å². The van der Waals surface area contributed by atoms with Gasteiger partial charge in [0.15, 0.2) is 0 Å². The molecule has 2 nitrogen and oxygen atoms in total. The Hall–Kier alpha value is -6.64. The summed E-state index contributed by atoms with van der Waals surface area (Å²) in [6.45, 7) is 0. The van der Waals surface area contributed by atoms with Crippen LogP contribution in [0.25, 0.3) is 55.3 Å². The topological polar surface area (TPSA) is 8.17 Å². The molecule has 8 aromatic carbocycles. The smallest absolute Gasteiger partial charge is 0.0544 e. The van der Waals surface area contributed by atoms with Crippen molar-refractivity contribution in [2.24, 2.45) is 0 Å². The summed E-state index contributed by atoms with van der Waals surface area (Å²) in [4.78, 5) is 2.39. The minimum Gasteiger partial charge on any atom is -0.310 e. The summed E-state index contributed by atoms with van der Waals surface area (Å²) >= 11 is 0. The molecular weight excluding hydrogens is 629 g/mol. The number of hydrogen-bond acceptors (Lipinski definition) is 1. The average molecular weight is 665 g/mol. The number of nitrogens with zero attached hydrogens (tertiary/aromatic N) is 2. The van der Waals surface area contributed by atoms with Crippen molar-refractivity contribution < 1.29 is 0 Å². The zero-order chi connectivity index (χ0) is 34.4. The molecule has 9 aromatic rings. The van der Waals surface area contributed by atoms with E-state index in [1.807, 2.05) is 0 Å². The fourth-order valence-electron chi connectivity index (χ4n) is 8.31. The van der Waals surface area contributed by atoms with Crippen molar-refractivity contribution in [2.45, 2.75) is 12.3 Å². The maximum atomic E-state index is 2.46. The molecule has 10 rings (SSSR count). The lowest BCUT2D eigenvalue weighted by molar-refractivity contribution is 0.819. The monoisotopic (exact) mass is 664 g/mol. The third-order valence-corrected chi connectivity index (χ3v) is 10.7. The molecule has 52 heavy (non-hydrogen) atoms. The lowest BCUT2D eigenvalue weighted by atomic mass is 9.83. The number of fused-ring (bicyclic) bond motifs is 5. The van der Waals surface area contributed by atoms with Gasteiger partial charge in [-0.2, -0.15) is 0 Å². The molecule has 0 bridgehead atoms. The van der Waals surface area contributed by atoms with Crippen molar-refractivity contribution in [3.8, 4) is 16.8 Å². The molecule has 0 radical (unpaired) electrons. The fourth-order valence-corrected chi connectivity index (χ4v) is 8.31. The molecule has 0 saturated heterocycles. The van der Waals surface area contributed by atoms with Gasteiger partial charge in [-0.15, -0.1) is 0 Å². The van der Waals surface area contributed by atoms with E-state index in [0.29, 0.717) is 0 Å². The van der Waals surface area contributed by atoms with Crippen molar-refractivity contribution in [1.29, 1.82) is 0 Å². The predicted molar refractivity (Wildman–Crippen MR) is 220 cm³/mol. The summed E-state index contributed by atoms with van der Waals surface area (Å²) in [6.07, 6.45) is 5.64. The number of allylic oxidation sites excluding steroid dienone is 1. The lowest BCUT2D eigenvalue weighted by Gasteiger charge is -2.28. The van der Waals surface area contributed by atoms with E-state index in [1.54, 1.807) is 0 Å². The highest BCUT2D eigenvalue weighted by atomic mass is 15.1. The Morgan fingerprint density at radius 1 is 0.481 bits per heavy atom. The van der Waals surface area contributed by atoms with Crippen LogP contribution in [-0.2, 0) is 0 Å². The van der Waals surface area contributed by atoms with E-state index in [1.165, 1.54) is 66.1 Å². The predicted octanol–water partition coefficient (Wildman–Crippen LogP) is 13.6. The molecule has 1 aliphatic carbocycles. The van der Waals surface area contributed by atoms with Gasteiger partial charge in [-0.25, -0.2) is 0 Å². The summed E-state index contributed by atoms with van der Waals surface area (Å²) in [5.41, 5.74) is 12.3. The third-order valence-electron chi connectivity index (χ3n) is 10.7. The number of para-hydroxylation sites is 2. The van der Waals surface area contributed by atoms with Crippen molar-refractivity contribution in [3.63, 3.8) is 0 Å².